The van der Waals surface area contributed by atoms with Gasteiger partial charge in [-0.15, -0.1) is 0 Å². The minimum Gasteiger partial charge on any atom is -0.435 e. The third kappa shape index (κ3) is 3.37. The van der Waals surface area contributed by atoms with Crippen LogP contribution in [0.25, 0.3) is 0 Å². The third-order valence-electron chi connectivity index (χ3n) is 3.92. The van der Waals surface area contributed by atoms with Gasteiger partial charge in [0.15, 0.2) is 6.73 Å². The van der Waals surface area contributed by atoms with E-state index in [1.807, 2.05) is 12.1 Å². The molecular weight excluding hydrogens is 336 g/mol. The summed E-state index contributed by atoms with van der Waals surface area (Å²) < 4.78 is 9.54. The molecule has 1 fully saturated rings. The Bertz CT molecular complexity index is 737. The first-order valence-corrected chi connectivity index (χ1v) is 8.17. The lowest BCUT2D eigenvalue weighted by molar-refractivity contribution is -0.130. The molecule has 0 spiro atoms. The molecule has 0 aliphatic carbocycles. The van der Waals surface area contributed by atoms with Gasteiger partial charge >= 0.3 is 12.2 Å². The minimum atomic E-state index is -0.928. The molecule has 134 valence electrons. The lowest BCUT2D eigenvalue weighted by atomic mass is 10.1. The van der Waals surface area contributed by atoms with Crippen molar-refractivity contribution >= 4 is 23.8 Å². The fourth-order valence-electron chi connectivity index (χ4n) is 2.76. The summed E-state index contributed by atoms with van der Waals surface area (Å²) in [7, 11) is 0. The van der Waals surface area contributed by atoms with Crippen molar-refractivity contribution < 1.29 is 23.9 Å². The molecule has 0 N–H and O–H groups in total. The molecule has 3 amide bonds. The highest BCUT2D eigenvalue weighted by Gasteiger charge is 2.47. The van der Waals surface area contributed by atoms with E-state index in [1.54, 1.807) is 55.5 Å². The number of ether oxygens (including phenoxy) is 2. The number of hydrogen-bond donors (Lipinski definition) is 0. The second-order valence-corrected chi connectivity index (χ2v) is 5.52. The predicted octanol–water partition coefficient (Wildman–Crippen LogP) is 3.33. The number of carbonyl (C=O) groups is 3. The number of imide groups is 1. The van der Waals surface area contributed by atoms with E-state index in [2.05, 4.69) is 4.74 Å². The van der Waals surface area contributed by atoms with Crippen LogP contribution in [0.2, 0.25) is 0 Å². The molecule has 0 aromatic heterocycles. The number of rotatable bonds is 5. The van der Waals surface area contributed by atoms with Gasteiger partial charge in [-0.05, 0) is 24.6 Å². The zero-order valence-electron chi connectivity index (χ0n) is 14.2. The summed E-state index contributed by atoms with van der Waals surface area (Å²) in [5, 5.41) is 0. The maximum absolute atomic E-state index is 12.9. The summed E-state index contributed by atoms with van der Waals surface area (Å²) in [5.41, 5.74) is 1.26. The van der Waals surface area contributed by atoms with Gasteiger partial charge < -0.3 is 9.47 Å². The average Bonchev–Trinajstić information content (AvgIpc) is 2.92. The second kappa shape index (κ2) is 7.69. The highest BCUT2D eigenvalue weighted by Crippen LogP contribution is 2.35. The van der Waals surface area contributed by atoms with E-state index in [-0.39, 0.29) is 6.61 Å². The molecule has 1 heterocycles. The Balaban J connectivity index is 1.91. The van der Waals surface area contributed by atoms with Crippen molar-refractivity contribution in [3.8, 4) is 0 Å². The van der Waals surface area contributed by atoms with Gasteiger partial charge in [0.05, 0.1) is 6.61 Å². The van der Waals surface area contributed by atoms with Gasteiger partial charge in [0.2, 0.25) is 0 Å². The molecule has 0 bridgehead atoms. The topological polar surface area (TPSA) is 76.2 Å². The molecule has 3 rings (SSSR count). The number of urea groups is 1. The molecule has 26 heavy (non-hydrogen) atoms. The van der Waals surface area contributed by atoms with Gasteiger partial charge in [-0.2, -0.15) is 0 Å². The Hall–Kier alpha value is -3.35. The summed E-state index contributed by atoms with van der Waals surface area (Å²) in [4.78, 5) is 39.5. The van der Waals surface area contributed by atoms with Crippen LogP contribution in [0.3, 0.4) is 0 Å². The number of hydrogen-bond acceptors (Lipinski definition) is 5. The number of anilines is 1. The Morgan fingerprint density at radius 2 is 1.58 bits per heavy atom. The van der Waals surface area contributed by atoms with Crippen LogP contribution in [-0.4, -0.2) is 36.3 Å². The molecule has 1 aliphatic heterocycles. The van der Waals surface area contributed by atoms with E-state index in [0.29, 0.717) is 11.3 Å². The van der Waals surface area contributed by atoms with E-state index >= 15 is 0 Å². The highest BCUT2D eigenvalue weighted by molar-refractivity contribution is 6.14. The predicted molar refractivity (Wildman–Crippen MR) is 93.3 cm³/mol. The van der Waals surface area contributed by atoms with Crippen LogP contribution >= 0.6 is 0 Å². The molecule has 1 atom stereocenters. The quantitative estimate of drug-likeness (QED) is 0.608. The van der Waals surface area contributed by atoms with Gasteiger partial charge in [0, 0.05) is 5.69 Å². The van der Waals surface area contributed by atoms with Crippen LogP contribution in [0.1, 0.15) is 18.5 Å². The monoisotopic (exact) mass is 354 g/mol. The van der Waals surface area contributed by atoms with Crippen LogP contribution in [-0.2, 0) is 14.3 Å². The zero-order valence-corrected chi connectivity index (χ0v) is 14.2. The van der Waals surface area contributed by atoms with E-state index in [0.717, 1.165) is 4.90 Å². The van der Waals surface area contributed by atoms with Gasteiger partial charge in [0.25, 0.3) is 5.91 Å². The molecule has 2 aromatic rings. The number of amides is 3. The maximum Gasteiger partial charge on any atom is 0.510 e. The summed E-state index contributed by atoms with van der Waals surface area (Å²) in [6.07, 6.45) is -0.928. The molecular formula is C19H18N2O5. The normalized spacial score (nSPS) is 16.7. The maximum atomic E-state index is 12.9. The number of benzene rings is 2. The fraction of sp³-hybridized carbons (Fsp3) is 0.211. The van der Waals surface area contributed by atoms with E-state index < -0.39 is 30.9 Å². The molecule has 0 saturated carbocycles. The minimum absolute atomic E-state index is 0.142. The summed E-state index contributed by atoms with van der Waals surface area (Å²) in [5.74, 6) is -0.464. The summed E-state index contributed by atoms with van der Waals surface area (Å²) >= 11 is 0. The zero-order chi connectivity index (χ0) is 18.5. The van der Waals surface area contributed by atoms with Crippen LogP contribution in [0.5, 0.6) is 0 Å². The molecule has 0 radical (unpaired) electrons. The molecule has 7 heteroatoms. The first-order chi connectivity index (χ1) is 12.6. The molecule has 1 saturated heterocycles. The van der Waals surface area contributed by atoms with Gasteiger partial charge in [-0.1, -0.05) is 48.5 Å². The molecule has 1 unspecified atom stereocenters. The largest absolute Gasteiger partial charge is 0.510 e. The van der Waals surface area contributed by atoms with Crippen molar-refractivity contribution in [2.75, 3.05) is 18.2 Å². The first kappa shape index (κ1) is 17.5. The van der Waals surface area contributed by atoms with Crippen molar-refractivity contribution in [1.29, 1.82) is 0 Å². The van der Waals surface area contributed by atoms with Gasteiger partial charge in [0.1, 0.15) is 6.04 Å². The van der Waals surface area contributed by atoms with Crippen molar-refractivity contribution in [3.05, 3.63) is 66.2 Å². The Labute approximate surface area is 150 Å². The number of para-hydroxylation sites is 1. The smallest absolute Gasteiger partial charge is 0.435 e. The molecule has 1 aliphatic rings. The first-order valence-electron chi connectivity index (χ1n) is 8.17. The average molecular weight is 354 g/mol. The third-order valence-corrected chi connectivity index (χ3v) is 3.92. The van der Waals surface area contributed by atoms with E-state index in [4.69, 9.17) is 4.74 Å². The van der Waals surface area contributed by atoms with Gasteiger partial charge in [-0.25, -0.2) is 14.5 Å². The Kier molecular flexibility index (Phi) is 5.17. The molecule has 2 aromatic carbocycles. The second-order valence-electron chi connectivity index (χ2n) is 5.52. The highest BCUT2D eigenvalue weighted by atomic mass is 16.7. The Morgan fingerprint density at radius 3 is 2.19 bits per heavy atom. The lowest BCUT2D eigenvalue weighted by Crippen LogP contribution is -2.35. The number of nitrogens with zero attached hydrogens (tertiary/aromatic N) is 2. The van der Waals surface area contributed by atoms with Crippen molar-refractivity contribution in [2.24, 2.45) is 0 Å². The lowest BCUT2D eigenvalue weighted by Gasteiger charge is -2.22. The van der Waals surface area contributed by atoms with E-state index in [9.17, 15) is 14.4 Å². The van der Waals surface area contributed by atoms with Crippen molar-refractivity contribution in [1.82, 2.24) is 4.90 Å². The van der Waals surface area contributed by atoms with Crippen LogP contribution < -0.4 is 4.90 Å². The number of carbonyl (C=O) groups excluding carboxylic acids is 3. The molecule has 7 nitrogen and oxygen atoms in total. The Morgan fingerprint density at radius 1 is 0.962 bits per heavy atom. The summed E-state index contributed by atoms with van der Waals surface area (Å²) in [6.45, 7) is 1.28. The van der Waals surface area contributed by atoms with Crippen LogP contribution in [0.4, 0.5) is 15.3 Å². The van der Waals surface area contributed by atoms with Crippen molar-refractivity contribution in [3.63, 3.8) is 0 Å². The van der Waals surface area contributed by atoms with Crippen molar-refractivity contribution in [2.45, 2.75) is 13.0 Å². The SMILES string of the molecule is CCOC(=O)OCN1C(=O)C(c2ccccc2)N(c2ccccc2)C1=O. The van der Waals surface area contributed by atoms with Crippen LogP contribution in [0, 0.1) is 0 Å². The standard InChI is InChI=1S/C19H18N2O5/c1-2-25-19(24)26-13-20-17(22)16(14-9-5-3-6-10-14)21(18(20)23)15-11-7-4-8-12-15/h3-12,16H,2,13H2,1H3. The fourth-order valence-corrected chi connectivity index (χ4v) is 2.76. The summed E-state index contributed by atoms with van der Waals surface area (Å²) in [6, 6.07) is 16.5. The van der Waals surface area contributed by atoms with Gasteiger partial charge in [-0.3, -0.25) is 9.69 Å². The van der Waals surface area contributed by atoms with Crippen LogP contribution in [0.15, 0.2) is 60.7 Å². The van der Waals surface area contributed by atoms with E-state index in [1.165, 1.54) is 4.90 Å².